The van der Waals surface area contributed by atoms with Gasteiger partial charge in [0.15, 0.2) is 0 Å². The van der Waals surface area contributed by atoms with E-state index >= 15 is 0 Å². The average molecular weight is 445 g/mol. The molecule has 0 saturated heterocycles. The fourth-order valence-electron chi connectivity index (χ4n) is 4.18. The molecule has 0 saturated carbocycles. The maximum atomic E-state index is 13.2. The van der Waals surface area contributed by atoms with Crippen molar-refractivity contribution in [1.82, 2.24) is 19.7 Å². The molecule has 4 aromatic rings. The number of ether oxygens (including phenoxy) is 1. The number of H-pyrrole nitrogens is 1. The van der Waals surface area contributed by atoms with Gasteiger partial charge in [-0.25, -0.2) is 0 Å². The number of hydrogen-bond donors (Lipinski definition) is 2. The molecule has 2 N–H and O–H groups in total. The van der Waals surface area contributed by atoms with E-state index in [1.807, 2.05) is 80.8 Å². The Labute approximate surface area is 192 Å². The Morgan fingerprint density at radius 3 is 2.73 bits per heavy atom. The van der Waals surface area contributed by atoms with Crippen LogP contribution in [0.4, 0.5) is 0 Å². The van der Waals surface area contributed by atoms with E-state index in [9.17, 15) is 9.59 Å². The number of aromatic nitrogens is 3. The van der Waals surface area contributed by atoms with Crippen molar-refractivity contribution in [3.05, 3.63) is 105 Å². The van der Waals surface area contributed by atoms with E-state index in [4.69, 9.17) is 4.74 Å². The first kappa shape index (κ1) is 22.5. The molecule has 0 aliphatic heterocycles. The van der Waals surface area contributed by atoms with Gasteiger partial charge in [0.25, 0.3) is 11.5 Å². The summed E-state index contributed by atoms with van der Waals surface area (Å²) in [7, 11) is 0. The second-order valence-electron chi connectivity index (χ2n) is 8.27. The molecular weight excluding hydrogens is 416 g/mol. The van der Waals surface area contributed by atoms with Gasteiger partial charge < -0.3 is 19.4 Å². The zero-order valence-electron chi connectivity index (χ0n) is 19.3. The second-order valence-corrected chi connectivity index (χ2v) is 8.27. The van der Waals surface area contributed by atoms with Crippen LogP contribution in [-0.2, 0) is 17.9 Å². The van der Waals surface area contributed by atoms with E-state index in [2.05, 4.69) is 15.3 Å². The fourth-order valence-corrected chi connectivity index (χ4v) is 4.18. The molecule has 1 amide bonds. The lowest BCUT2D eigenvalue weighted by molar-refractivity contribution is 0.0465. The molecule has 4 aromatic heterocycles. The van der Waals surface area contributed by atoms with Crippen LogP contribution in [0, 0.1) is 20.8 Å². The predicted molar refractivity (Wildman–Crippen MR) is 127 cm³/mol. The van der Waals surface area contributed by atoms with E-state index < -0.39 is 0 Å². The standard InChI is InChI=1S/C26H28N4O3/c1-16-12-17(2)29-26(32)23(16)14-28-25(31)22-13-21-9-7-11-30(21)24(18(22)3)19(4)33-15-20-8-5-6-10-27-20/h5-13,19H,14-15H2,1-4H3,(H,28,31)(H,29,32). The van der Waals surface area contributed by atoms with Gasteiger partial charge in [-0.2, -0.15) is 0 Å². The minimum atomic E-state index is -0.267. The topological polar surface area (TPSA) is 88.5 Å². The van der Waals surface area contributed by atoms with Crippen molar-refractivity contribution in [2.24, 2.45) is 0 Å². The first-order valence-corrected chi connectivity index (χ1v) is 10.9. The molecule has 0 bridgehead atoms. The highest BCUT2D eigenvalue weighted by Gasteiger charge is 2.20. The molecule has 0 aliphatic carbocycles. The summed E-state index contributed by atoms with van der Waals surface area (Å²) >= 11 is 0. The van der Waals surface area contributed by atoms with Crippen molar-refractivity contribution < 1.29 is 9.53 Å². The molecule has 1 atom stereocenters. The van der Waals surface area contributed by atoms with E-state index in [0.717, 1.165) is 33.7 Å². The van der Waals surface area contributed by atoms with Gasteiger partial charge in [-0.05, 0) is 75.2 Å². The molecule has 0 aliphatic rings. The molecule has 7 heteroatoms. The van der Waals surface area contributed by atoms with E-state index in [1.165, 1.54) is 0 Å². The molecule has 7 nitrogen and oxygen atoms in total. The number of amides is 1. The zero-order chi connectivity index (χ0) is 23.5. The third kappa shape index (κ3) is 4.73. The predicted octanol–water partition coefficient (Wildman–Crippen LogP) is 4.16. The molecule has 4 rings (SSSR count). The van der Waals surface area contributed by atoms with Crippen molar-refractivity contribution in [2.45, 2.75) is 47.0 Å². The monoisotopic (exact) mass is 444 g/mol. The third-order valence-corrected chi connectivity index (χ3v) is 5.88. The normalized spacial score (nSPS) is 12.1. The number of aromatic amines is 1. The first-order valence-electron chi connectivity index (χ1n) is 10.9. The van der Waals surface area contributed by atoms with Gasteiger partial charge >= 0.3 is 0 Å². The Kier molecular flexibility index (Phi) is 6.42. The van der Waals surface area contributed by atoms with Crippen LogP contribution in [-0.4, -0.2) is 20.3 Å². The first-order chi connectivity index (χ1) is 15.8. The Morgan fingerprint density at radius 2 is 2.00 bits per heavy atom. The highest BCUT2D eigenvalue weighted by Crippen LogP contribution is 2.27. The van der Waals surface area contributed by atoms with Crippen LogP contribution in [0.3, 0.4) is 0 Å². The average Bonchev–Trinajstić information content (AvgIpc) is 3.25. The van der Waals surface area contributed by atoms with E-state index in [1.54, 1.807) is 6.20 Å². The van der Waals surface area contributed by atoms with Crippen molar-refractivity contribution >= 4 is 11.4 Å². The van der Waals surface area contributed by atoms with Gasteiger partial charge in [0.05, 0.1) is 24.1 Å². The summed E-state index contributed by atoms with van der Waals surface area (Å²) in [6.07, 6.45) is 3.44. The molecule has 4 heterocycles. The molecule has 1 unspecified atom stereocenters. The summed E-state index contributed by atoms with van der Waals surface area (Å²) in [6, 6.07) is 13.4. The molecule has 0 spiro atoms. The van der Waals surface area contributed by atoms with Crippen molar-refractivity contribution in [2.75, 3.05) is 0 Å². The van der Waals surface area contributed by atoms with Crippen LogP contribution in [0.1, 0.15) is 57.2 Å². The summed E-state index contributed by atoms with van der Waals surface area (Å²) in [5.41, 5.74) is 6.08. The van der Waals surface area contributed by atoms with Crippen LogP contribution >= 0.6 is 0 Å². The van der Waals surface area contributed by atoms with Gasteiger partial charge in [0.2, 0.25) is 0 Å². The number of carbonyl (C=O) groups excluding carboxylic acids is 1. The molecule has 33 heavy (non-hydrogen) atoms. The quantitative estimate of drug-likeness (QED) is 0.448. The number of rotatable bonds is 7. The second kappa shape index (κ2) is 9.42. The molecule has 0 radical (unpaired) electrons. The summed E-state index contributed by atoms with van der Waals surface area (Å²) < 4.78 is 8.16. The number of nitrogens with one attached hydrogen (secondary N) is 2. The van der Waals surface area contributed by atoms with Crippen LogP contribution in [0.2, 0.25) is 0 Å². The highest BCUT2D eigenvalue weighted by molar-refractivity contribution is 5.97. The lowest BCUT2D eigenvalue weighted by Gasteiger charge is -2.20. The molecule has 170 valence electrons. The summed E-state index contributed by atoms with van der Waals surface area (Å²) in [4.78, 5) is 32.6. The number of aryl methyl sites for hydroxylation is 2. The lowest BCUT2D eigenvalue weighted by atomic mass is 10.0. The number of hydrogen-bond acceptors (Lipinski definition) is 4. The minimum absolute atomic E-state index is 0.160. The number of pyridine rings is 3. The van der Waals surface area contributed by atoms with Gasteiger partial charge in [-0.3, -0.25) is 14.6 Å². The largest absolute Gasteiger partial charge is 0.366 e. The van der Waals surface area contributed by atoms with Crippen molar-refractivity contribution in [3.8, 4) is 0 Å². The summed E-state index contributed by atoms with van der Waals surface area (Å²) in [5.74, 6) is -0.228. The number of nitrogens with zero attached hydrogens (tertiary/aromatic N) is 2. The Hall–Kier alpha value is -3.71. The fraction of sp³-hybridized carbons (Fsp3) is 0.269. The van der Waals surface area contributed by atoms with Crippen LogP contribution in [0.5, 0.6) is 0 Å². The number of carbonyl (C=O) groups is 1. The highest BCUT2D eigenvalue weighted by atomic mass is 16.5. The summed E-state index contributed by atoms with van der Waals surface area (Å²) in [5, 5.41) is 2.92. The van der Waals surface area contributed by atoms with Gasteiger partial charge in [0.1, 0.15) is 0 Å². The Balaban J connectivity index is 1.60. The number of fused-ring (bicyclic) bond motifs is 1. The van der Waals surface area contributed by atoms with Crippen LogP contribution in [0.25, 0.3) is 5.52 Å². The van der Waals surface area contributed by atoms with Crippen LogP contribution < -0.4 is 10.9 Å². The maximum absolute atomic E-state index is 13.2. The van der Waals surface area contributed by atoms with E-state index in [0.29, 0.717) is 17.7 Å². The van der Waals surface area contributed by atoms with Crippen molar-refractivity contribution in [3.63, 3.8) is 0 Å². The molecular formula is C26H28N4O3. The molecule has 0 fully saturated rings. The van der Waals surface area contributed by atoms with Crippen molar-refractivity contribution in [1.29, 1.82) is 0 Å². The lowest BCUT2D eigenvalue weighted by Crippen LogP contribution is -2.29. The third-order valence-electron chi connectivity index (χ3n) is 5.88. The summed E-state index contributed by atoms with van der Waals surface area (Å²) in [6.45, 7) is 8.14. The van der Waals surface area contributed by atoms with Crippen LogP contribution in [0.15, 0.2) is 59.7 Å². The van der Waals surface area contributed by atoms with Gasteiger partial charge in [0, 0.05) is 41.3 Å². The smallest absolute Gasteiger partial charge is 0.253 e. The van der Waals surface area contributed by atoms with Gasteiger partial charge in [-0.1, -0.05) is 6.07 Å². The maximum Gasteiger partial charge on any atom is 0.253 e. The van der Waals surface area contributed by atoms with E-state index in [-0.39, 0.29) is 24.1 Å². The zero-order valence-corrected chi connectivity index (χ0v) is 19.3. The SMILES string of the molecule is Cc1cc(C)c(CNC(=O)c2cc3cccn3c(C(C)OCc3ccccn3)c2C)c(=O)[nH]1. The van der Waals surface area contributed by atoms with Gasteiger partial charge in [-0.15, -0.1) is 0 Å². The molecule has 0 aromatic carbocycles. The Bertz CT molecular complexity index is 1360. The minimum Gasteiger partial charge on any atom is -0.366 e. The Morgan fingerprint density at radius 1 is 1.18 bits per heavy atom.